The lowest BCUT2D eigenvalue weighted by molar-refractivity contribution is 0.112. The largest absolute Gasteiger partial charge is 0.454 e. The zero-order chi connectivity index (χ0) is 13.1. The van der Waals surface area contributed by atoms with E-state index in [1.165, 1.54) is 0 Å². The van der Waals surface area contributed by atoms with E-state index in [4.69, 9.17) is 14.2 Å². The Balaban J connectivity index is 1.51. The third-order valence-corrected chi connectivity index (χ3v) is 3.14. The van der Waals surface area contributed by atoms with E-state index < -0.39 is 0 Å². The molecule has 0 unspecified atom stereocenters. The van der Waals surface area contributed by atoms with Gasteiger partial charge in [0.1, 0.15) is 0 Å². The number of fused-ring (bicyclic) bond motifs is 1. The number of hydrogen-bond donors (Lipinski definition) is 2. The highest BCUT2D eigenvalue weighted by Crippen LogP contribution is 2.34. The molecule has 1 fully saturated rings. The van der Waals surface area contributed by atoms with Gasteiger partial charge in [0, 0.05) is 24.9 Å². The Morgan fingerprint density at radius 2 is 2.21 bits per heavy atom. The lowest BCUT2D eigenvalue weighted by Crippen LogP contribution is -2.34. The number of anilines is 1. The molecule has 0 aliphatic carbocycles. The monoisotopic (exact) mass is 264 g/mol. The summed E-state index contributed by atoms with van der Waals surface area (Å²) in [6.07, 6.45) is 2.21. The number of carbonyl (C=O) groups excluding carboxylic acids is 1. The van der Waals surface area contributed by atoms with Crippen molar-refractivity contribution in [2.24, 2.45) is 0 Å². The van der Waals surface area contributed by atoms with Crippen molar-refractivity contribution in [1.82, 2.24) is 5.32 Å². The number of benzene rings is 1. The molecular weight excluding hydrogens is 248 g/mol. The fraction of sp³-hybridized carbons (Fsp3) is 0.462. The van der Waals surface area contributed by atoms with Gasteiger partial charge in [-0.3, -0.25) is 0 Å². The van der Waals surface area contributed by atoms with Crippen molar-refractivity contribution in [2.45, 2.75) is 18.9 Å². The van der Waals surface area contributed by atoms with Crippen LogP contribution in [0, 0.1) is 0 Å². The highest BCUT2D eigenvalue weighted by atomic mass is 16.7. The molecule has 1 aromatic rings. The number of hydrogen-bond acceptors (Lipinski definition) is 4. The van der Waals surface area contributed by atoms with Crippen molar-refractivity contribution in [3.05, 3.63) is 18.2 Å². The van der Waals surface area contributed by atoms with Gasteiger partial charge >= 0.3 is 6.03 Å². The maximum absolute atomic E-state index is 11.7. The molecular formula is C13H16N2O4. The van der Waals surface area contributed by atoms with E-state index in [1.54, 1.807) is 18.2 Å². The average molecular weight is 264 g/mol. The van der Waals surface area contributed by atoms with Crippen LogP contribution in [-0.4, -0.2) is 32.1 Å². The van der Waals surface area contributed by atoms with Crippen molar-refractivity contribution in [1.29, 1.82) is 0 Å². The predicted molar refractivity (Wildman–Crippen MR) is 68.6 cm³/mol. The summed E-state index contributed by atoms with van der Waals surface area (Å²) >= 11 is 0. The van der Waals surface area contributed by atoms with Crippen LogP contribution in [0.1, 0.15) is 12.8 Å². The van der Waals surface area contributed by atoms with Crippen molar-refractivity contribution < 1.29 is 19.0 Å². The van der Waals surface area contributed by atoms with Crippen LogP contribution in [0.25, 0.3) is 0 Å². The van der Waals surface area contributed by atoms with Crippen LogP contribution in [-0.2, 0) is 4.74 Å². The summed E-state index contributed by atoms with van der Waals surface area (Å²) in [7, 11) is 0. The second-order valence-corrected chi connectivity index (χ2v) is 4.54. The fourth-order valence-corrected chi connectivity index (χ4v) is 2.16. The Morgan fingerprint density at radius 1 is 1.32 bits per heavy atom. The number of ether oxygens (including phenoxy) is 3. The minimum absolute atomic E-state index is 0.141. The van der Waals surface area contributed by atoms with Crippen LogP contribution in [0.2, 0.25) is 0 Å². The standard InChI is InChI=1S/C13H16N2O4/c16-13(14-7-10-2-1-5-17-10)15-9-3-4-11-12(6-9)19-8-18-11/h3-4,6,10H,1-2,5,7-8H2,(H2,14,15,16)/t10-/m0/s1. The molecule has 6 heteroatoms. The number of urea groups is 1. The molecule has 2 aliphatic heterocycles. The molecule has 2 heterocycles. The molecule has 1 atom stereocenters. The molecule has 2 amide bonds. The Labute approximate surface area is 111 Å². The second-order valence-electron chi connectivity index (χ2n) is 4.54. The maximum Gasteiger partial charge on any atom is 0.319 e. The predicted octanol–water partition coefficient (Wildman–Crippen LogP) is 1.72. The third-order valence-electron chi connectivity index (χ3n) is 3.14. The zero-order valence-electron chi connectivity index (χ0n) is 10.5. The summed E-state index contributed by atoms with van der Waals surface area (Å²) in [4.78, 5) is 11.7. The Hall–Kier alpha value is -1.95. The van der Waals surface area contributed by atoms with Gasteiger partial charge in [0.05, 0.1) is 6.10 Å². The lowest BCUT2D eigenvalue weighted by atomic mass is 10.2. The third kappa shape index (κ3) is 2.90. The minimum atomic E-state index is -0.241. The van der Waals surface area contributed by atoms with Crippen molar-refractivity contribution in [2.75, 3.05) is 25.3 Å². The van der Waals surface area contributed by atoms with Crippen LogP contribution < -0.4 is 20.1 Å². The van der Waals surface area contributed by atoms with Crippen LogP contribution in [0.3, 0.4) is 0 Å². The molecule has 3 rings (SSSR count). The van der Waals surface area contributed by atoms with Gasteiger partial charge in [-0.2, -0.15) is 0 Å². The minimum Gasteiger partial charge on any atom is -0.454 e. The molecule has 1 saturated heterocycles. The van der Waals surface area contributed by atoms with Gasteiger partial charge in [0.15, 0.2) is 11.5 Å². The fourth-order valence-electron chi connectivity index (χ4n) is 2.16. The Kier molecular flexibility index (Phi) is 3.41. The molecule has 6 nitrogen and oxygen atoms in total. The smallest absolute Gasteiger partial charge is 0.319 e. The van der Waals surface area contributed by atoms with Crippen LogP contribution in [0.15, 0.2) is 18.2 Å². The molecule has 102 valence electrons. The molecule has 0 bridgehead atoms. The van der Waals surface area contributed by atoms with E-state index >= 15 is 0 Å². The summed E-state index contributed by atoms with van der Waals surface area (Å²) in [5, 5.41) is 5.55. The van der Waals surface area contributed by atoms with Gasteiger partial charge < -0.3 is 24.8 Å². The van der Waals surface area contributed by atoms with Gasteiger partial charge in [0.25, 0.3) is 0 Å². The van der Waals surface area contributed by atoms with E-state index in [9.17, 15) is 4.79 Å². The molecule has 2 N–H and O–H groups in total. The molecule has 2 aliphatic rings. The molecule has 0 saturated carbocycles. The zero-order valence-corrected chi connectivity index (χ0v) is 10.5. The SMILES string of the molecule is O=C(NC[C@@H]1CCCO1)Nc1ccc2c(c1)OCO2. The van der Waals surface area contributed by atoms with E-state index in [2.05, 4.69) is 10.6 Å². The average Bonchev–Trinajstić information content (AvgIpc) is 3.07. The first-order valence-electron chi connectivity index (χ1n) is 6.37. The summed E-state index contributed by atoms with van der Waals surface area (Å²) in [5.74, 6) is 1.35. The molecule has 0 spiro atoms. The van der Waals surface area contributed by atoms with Gasteiger partial charge in [-0.25, -0.2) is 4.79 Å². The van der Waals surface area contributed by atoms with Crippen LogP contribution in [0.5, 0.6) is 11.5 Å². The summed E-state index contributed by atoms with van der Waals surface area (Å²) in [6.45, 7) is 1.55. The lowest BCUT2D eigenvalue weighted by Gasteiger charge is -2.11. The van der Waals surface area contributed by atoms with E-state index in [-0.39, 0.29) is 18.9 Å². The van der Waals surface area contributed by atoms with Crippen LogP contribution in [0.4, 0.5) is 10.5 Å². The maximum atomic E-state index is 11.7. The van der Waals surface area contributed by atoms with Crippen molar-refractivity contribution in [3.8, 4) is 11.5 Å². The van der Waals surface area contributed by atoms with Gasteiger partial charge in [-0.15, -0.1) is 0 Å². The van der Waals surface area contributed by atoms with E-state index in [1.807, 2.05) is 0 Å². The van der Waals surface area contributed by atoms with Gasteiger partial charge in [0.2, 0.25) is 6.79 Å². The number of carbonyl (C=O) groups is 1. The van der Waals surface area contributed by atoms with E-state index in [0.717, 1.165) is 19.4 Å². The summed E-state index contributed by atoms with van der Waals surface area (Å²) in [5.41, 5.74) is 0.675. The summed E-state index contributed by atoms with van der Waals surface area (Å²) < 4.78 is 15.9. The highest BCUT2D eigenvalue weighted by molar-refractivity contribution is 5.89. The van der Waals surface area contributed by atoms with Crippen molar-refractivity contribution >= 4 is 11.7 Å². The van der Waals surface area contributed by atoms with Crippen molar-refractivity contribution in [3.63, 3.8) is 0 Å². The second kappa shape index (κ2) is 5.36. The summed E-state index contributed by atoms with van der Waals surface area (Å²) in [6, 6.07) is 5.06. The molecule has 19 heavy (non-hydrogen) atoms. The van der Waals surface area contributed by atoms with E-state index in [0.29, 0.717) is 23.7 Å². The Bertz CT molecular complexity index is 472. The molecule has 0 radical (unpaired) electrons. The normalized spacial score (nSPS) is 20.3. The number of amides is 2. The first kappa shape index (κ1) is 12.1. The Morgan fingerprint density at radius 3 is 3.05 bits per heavy atom. The quantitative estimate of drug-likeness (QED) is 0.872. The topological polar surface area (TPSA) is 68.8 Å². The molecule has 0 aromatic heterocycles. The number of nitrogens with one attached hydrogen (secondary N) is 2. The number of rotatable bonds is 3. The highest BCUT2D eigenvalue weighted by Gasteiger charge is 2.17. The first-order chi connectivity index (χ1) is 9.31. The van der Waals surface area contributed by atoms with Gasteiger partial charge in [-0.05, 0) is 25.0 Å². The molecule has 1 aromatic carbocycles. The first-order valence-corrected chi connectivity index (χ1v) is 6.37. The van der Waals surface area contributed by atoms with Gasteiger partial charge in [-0.1, -0.05) is 0 Å². The van der Waals surface area contributed by atoms with Crippen LogP contribution >= 0.6 is 0 Å².